The molecule has 2 aliphatic heterocycles. The SMILES string of the molecule is Nc1cc(Br)cc(C(=O)NC2CCN3CCCC3C2)c1. The van der Waals surface area contributed by atoms with Gasteiger partial charge < -0.3 is 16.0 Å². The molecule has 0 spiro atoms. The van der Waals surface area contributed by atoms with Crippen LogP contribution in [0, 0.1) is 0 Å². The predicted octanol–water partition coefficient (Wildman–Crippen LogP) is 2.39. The lowest BCUT2D eigenvalue weighted by Crippen LogP contribution is -2.47. The van der Waals surface area contributed by atoms with Crippen LogP contribution in [0.5, 0.6) is 0 Å². The maximum Gasteiger partial charge on any atom is 0.251 e. The molecule has 0 aromatic heterocycles. The average Bonchev–Trinajstić information content (AvgIpc) is 2.85. The van der Waals surface area contributed by atoms with Crippen LogP contribution >= 0.6 is 15.9 Å². The number of hydrogen-bond acceptors (Lipinski definition) is 3. The number of benzene rings is 1. The molecule has 2 atom stereocenters. The third kappa shape index (κ3) is 2.99. The maximum absolute atomic E-state index is 12.3. The third-order valence-corrected chi connectivity index (χ3v) is 4.80. The number of nitrogens with one attached hydrogen (secondary N) is 1. The van der Waals surface area contributed by atoms with Crippen molar-refractivity contribution in [3.8, 4) is 0 Å². The van der Waals surface area contributed by atoms with Gasteiger partial charge in [0.15, 0.2) is 0 Å². The Morgan fingerprint density at radius 1 is 1.30 bits per heavy atom. The zero-order valence-corrected chi connectivity index (χ0v) is 13.0. The van der Waals surface area contributed by atoms with E-state index in [4.69, 9.17) is 5.73 Å². The number of amides is 1. The van der Waals surface area contributed by atoms with Gasteiger partial charge in [-0.1, -0.05) is 15.9 Å². The normalized spacial score (nSPS) is 26.2. The first-order valence-electron chi connectivity index (χ1n) is 7.23. The van der Waals surface area contributed by atoms with E-state index in [1.807, 2.05) is 6.07 Å². The molecule has 0 aliphatic carbocycles. The highest BCUT2D eigenvalue weighted by Crippen LogP contribution is 2.27. The Morgan fingerprint density at radius 3 is 2.95 bits per heavy atom. The van der Waals surface area contributed by atoms with Gasteiger partial charge in [-0.05, 0) is 50.4 Å². The summed E-state index contributed by atoms with van der Waals surface area (Å²) in [7, 11) is 0. The number of carbonyl (C=O) groups excluding carboxylic acids is 1. The van der Waals surface area contributed by atoms with Gasteiger partial charge in [0.2, 0.25) is 0 Å². The Labute approximate surface area is 127 Å². The molecule has 3 rings (SSSR count). The van der Waals surface area contributed by atoms with Gasteiger partial charge in [0.25, 0.3) is 5.91 Å². The Balaban J connectivity index is 1.64. The molecule has 2 heterocycles. The van der Waals surface area contributed by atoms with Crippen molar-refractivity contribution in [2.24, 2.45) is 0 Å². The van der Waals surface area contributed by atoms with Crippen molar-refractivity contribution in [3.63, 3.8) is 0 Å². The van der Waals surface area contributed by atoms with E-state index in [1.54, 1.807) is 12.1 Å². The van der Waals surface area contributed by atoms with Crippen LogP contribution in [0.4, 0.5) is 5.69 Å². The minimum atomic E-state index is -0.0190. The quantitative estimate of drug-likeness (QED) is 0.814. The fourth-order valence-electron chi connectivity index (χ4n) is 3.37. The van der Waals surface area contributed by atoms with E-state index in [-0.39, 0.29) is 5.91 Å². The van der Waals surface area contributed by atoms with Crippen molar-refractivity contribution in [2.45, 2.75) is 37.8 Å². The van der Waals surface area contributed by atoms with Crippen LogP contribution in [0.1, 0.15) is 36.0 Å². The van der Waals surface area contributed by atoms with Gasteiger partial charge in [-0.3, -0.25) is 4.79 Å². The fourth-order valence-corrected chi connectivity index (χ4v) is 3.88. The summed E-state index contributed by atoms with van der Waals surface area (Å²) in [5.74, 6) is -0.0190. The van der Waals surface area contributed by atoms with Gasteiger partial charge in [-0.15, -0.1) is 0 Å². The Morgan fingerprint density at radius 2 is 2.15 bits per heavy atom. The molecule has 108 valence electrons. The molecule has 2 saturated heterocycles. The van der Waals surface area contributed by atoms with Crippen LogP contribution in [0.2, 0.25) is 0 Å². The highest BCUT2D eigenvalue weighted by Gasteiger charge is 2.32. The second-order valence-corrected chi connectivity index (χ2v) is 6.72. The Kier molecular flexibility index (Phi) is 3.98. The highest BCUT2D eigenvalue weighted by molar-refractivity contribution is 9.10. The second kappa shape index (κ2) is 5.74. The van der Waals surface area contributed by atoms with Crippen LogP contribution in [0.25, 0.3) is 0 Å². The molecule has 2 aliphatic rings. The van der Waals surface area contributed by atoms with Crippen molar-refractivity contribution in [2.75, 3.05) is 18.8 Å². The molecule has 0 saturated carbocycles. The summed E-state index contributed by atoms with van der Waals surface area (Å²) in [6, 6.07) is 6.30. The predicted molar refractivity (Wildman–Crippen MR) is 83.6 cm³/mol. The van der Waals surface area contributed by atoms with Crippen molar-refractivity contribution >= 4 is 27.5 Å². The van der Waals surface area contributed by atoms with Crippen molar-refractivity contribution in [1.29, 1.82) is 0 Å². The third-order valence-electron chi connectivity index (χ3n) is 4.34. The Hall–Kier alpha value is -1.07. The number of halogens is 1. The van der Waals surface area contributed by atoms with Gasteiger partial charge in [0.05, 0.1) is 0 Å². The molecule has 20 heavy (non-hydrogen) atoms. The summed E-state index contributed by atoms with van der Waals surface area (Å²) in [6.07, 6.45) is 4.70. The smallest absolute Gasteiger partial charge is 0.251 e. The number of nitrogens with zero attached hydrogens (tertiary/aromatic N) is 1. The molecule has 2 fully saturated rings. The number of nitrogens with two attached hydrogens (primary N) is 1. The lowest BCUT2D eigenvalue weighted by Gasteiger charge is -2.35. The van der Waals surface area contributed by atoms with Crippen molar-refractivity contribution in [3.05, 3.63) is 28.2 Å². The van der Waals surface area contributed by atoms with E-state index in [0.717, 1.165) is 23.9 Å². The number of nitrogen functional groups attached to an aromatic ring is 1. The topological polar surface area (TPSA) is 58.4 Å². The van der Waals surface area contributed by atoms with E-state index >= 15 is 0 Å². The Bertz CT molecular complexity index is 500. The first-order valence-corrected chi connectivity index (χ1v) is 8.02. The number of rotatable bonds is 2. The summed E-state index contributed by atoms with van der Waals surface area (Å²) in [5.41, 5.74) is 7.02. The molecule has 1 aromatic carbocycles. The molecule has 1 amide bonds. The average molecular weight is 338 g/mol. The minimum absolute atomic E-state index is 0.0190. The number of hydrogen-bond donors (Lipinski definition) is 2. The maximum atomic E-state index is 12.3. The molecule has 3 N–H and O–H groups in total. The largest absolute Gasteiger partial charge is 0.399 e. The molecule has 1 aromatic rings. The first-order chi connectivity index (χ1) is 9.61. The standard InChI is InChI=1S/C15H20BrN3O/c16-11-6-10(7-12(17)8-11)15(20)18-13-3-5-19-4-1-2-14(19)9-13/h6-8,13-14H,1-5,9,17H2,(H,18,20). The van der Waals surface area contributed by atoms with Crippen LogP contribution < -0.4 is 11.1 Å². The lowest BCUT2D eigenvalue weighted by atomic mass is 9.97. The van der Waals surface area contributed by atoms with Crippen LogP contribution in [0.3, 0.4) is 0 Å². The van der Waals surface area contributed by atoms with E-state index in [9.17, 15) is 4.79 Å². The summed E-state index contributed by atoms with van der Waals surface area (Å²) in [4.78, 5) is 14.9. The zero-order chi connectivity index (χ0) is 14.1. The second-order valence-electron chi connectivity index (χ2n) is 5.80. The minimum Gasteiger partial charge on any atom is -0.399 e. The number of piperidine rings is 1. The monoisotopic (exact) mass is 337 g/mol. The first kappa shape index (κ1) is 13.9. The number of fused-ring (bicyclic) bond motifs is 1. The van der Waals surface area contributed by atoms with E-state index in [0.29, 0.717) is 23.3 Å². The summed E-state index contributed by atoms with van der Waals surface area (Å²) in [5, 5.41) is 3.16. The fraction of sp³-hybridized carbons (Fsp3) is 0.533. The summed E-state index contributed by atoms with van der Waals surface area (Å²) < 4.78 is 0.841. The van der Waals surface area contributed by atoms with E-state index < -0.39 is 0 Å². The molecule has 2 unspecified atom stereocenters. The van der Waals surface area contributed by atoms with Gasteiger partial charge in [0.1, 0.15) is 0 Å². The summed E-state index contributed by atoms with van der Waals surface area (Å²) >= 11 is 3.38. The molecule has 4 nitrogen and oxygen atoms in total. The number of carbonyl (C=O) groups is 1. The zero-order valence-electron chi connectivity index (χ0n) is 11.4. The van der Waals surface area contributed by atoms with Crippen LogP contribution in [0.15, 0.2) is 22.7 Å². The van der Waals surface area contributed by atoms with Gasteiger partial charge in [-0.25, -0.2) is 0 Å². The molecule has 0 radical (unpaired) electrons. The van der Waals surface area contributed by atoms with E-state index in [2.05, 4.69) is 26.1 Å². The molecule has 0 bridgehead atoms. The van der Waals surface area contributed by atoms with Crippen LogP contribution in [-0.2, 0) is 0 Å². The van der Waals surface area contributed by atoms with Gasteiger partial charge in [0, 0.05) is 34.4 Å². The van der Waals surface area contributed by atoms with Crippen molar-refractivity contribution in [1.82, 2.24) is 10.2 Å². The summed E-state index contributed by atoms with van der Waals surface area (Å²) in [6.45, 7) is 2.34. The van der Waals surface area contributed by atoms with Crippen LogP contribution in [-0.4, -0.2) is 36.0 Å². The molecular weight excluding hydrogens is 318 g/mol. The molecule has 5 heteroatoms. The van der Waals surface area contributed by atoms with E-state index in [1.165, 1.54) is 19.4 Å². The van der Waals surface area contributed by atoms with Crippen molar-refractivity contribution < 1.29 is 4.79 Å². The lowest BCUT2D eigenvalue weighted by molar-refractivity contribution is 0.0896. The number of anilines is 1. The van der Waals surface area contributed by atoms with Gasteiger partial charge >= 0.3 is 0 Å². The molecular formula is C15H20BrN3O. The van der Waals surface area contributed by atoms with Gasteiger partial charge in [-0.2, -0.15) is 0 Å². The highest BCUT2D eigenvalue weighted by atomic mass is 79.9.